The Hall–Kier alpha value is -3.25. The van der Waals surface area contributed by atoms with E-state index in [1.54, 1.807) is 12.3 Å². The van der Waals surface area contributed by atoms with E-state index in [4.69, 9.17) is 9.40 Å². The third-order valence-electron chi connectivity index (χ3n) is 4.40. The summed E-state index contributed by atoms with van der Waals surface area (Å²) in [5.74, 6) is 1.74. The van der Waals surface area contributed by atoms with Gasteiger partial charge in [0.15, 0.2) is 0 Å². The van der Waals surface area contributed by atoms with Gasteiger partial charge in [-0.2, -0.15) is 0 Å². The molecule has 2 heterocycles. The van der Waals surface area contributed by atoms with Crippen molar-refractivity contribution in [2.45, 2.75) is 18.5 Å². The number of furan rings is 1. The highest BCUT2D eigenvalue weighted by atomic mass is 32.2. The molecule has 0 aliphatic carbocycles. The summed E-state index contributed by atoms with van der Waals surface area (Å²) in [6, 6.07) is 21.9. The van der Waals surface area contributed by atoms with Crippen LogP contribution in [0.4, 0.5) is 0 Å². The molecule has 0 saturated heterocycles. The Morgan fingerprint density at radius 2 is 1.90 bits per heavy atom. The van der Waals surface area contributed by atoms with Crippen LogP contribution in [0.5, 0.6) is 0 Å². The van der Waals surface area contributed by atoms with Crippen LogP contribution in [0, 0.1) is 6.92 Å². The van der Waals surface area contributed by atoms with Crippen molar-refractivity contribution >= 4 is 17.7 Å². The van der Waals surface area contributed by atoms with Crippen molar-refractivity contribution < 1.29 is 9.21 Å². The molecule has 2 N–H and O–H groups in total. The van der Waals surface area contributed by atoms with Gasteiger partial charge in [0.1, 0.15) is 16.6 Å². The molecule has 0 radical (unpaired) electrons. The predicted octanol–water partition coefficient (Wildman–Crippen LogP) is 5.05. The number of benzene rings is 2. The molecule has 1 amide bonds. The Balaban J connectivity index is 1.53. The zero-order valence-corrected chi connectivity index (χ0v) is 16.8. The van der Waals surface area contributed by atoms with Gasteiger partial charge in [-0.05, 0) is 25.1 Å². The Bertz CT molecular complexity index is 1090. The molecule has 4 rings (SSSR count). The van der Waals surface area contributed by atoms with E-state index in [-0.39, 0.29) is 11.7 Å². The molecule has 146 valence electrons. The third kappa shape index (κ3) is 4.78. The number of aromatic nitrogens is 2. The van der Waals surface area contributed by atoms with E-state index in [0.717, 1.165) is 33.4 Å². The number of H-pyrrole nitrogens is 1. The van der Waals surface area contributed by atoms with E-state index in [9.17, 15) is 4.79 Å². The first-order chi connectivity index (χ1) is 14.2. The van der Waals surface area contributed by atoms with E-state index in [1.165, 1.54) is 17.3 Å². The van der Waals surface area contributed by atoms with Crippen molar-refractivity contribution in [3.63, 3.8) is 0 Å². The molecule has 0 spiro atoms. The summed E-state index contributed by atoms with van der Waals surface area (Å²) in [5.41, 5.74) is 4.16. The molecule has 0 saturated carbocycles. The van der Waals surface area contributed by atoms with Gasteiger partial charge in [-0.25, -0.2) is 4.98 Å². The lowest BCUT2D eigenvalue weighted by molar-refractivity contribution is -0.118. The van der Waals surface area contributed by atoms with E-state index in [2.05, 4.69) is 29.4 Å². The lowest BCUT2D eigenvalue weighted by Crippen LogP contribution is -2.24. The highest BCUT2D eigenvalue weighted by Crippen LogP contribution is 2.32. The second kappa shape index (κ2) is 8.84. The number of imidazole rings is 1. The summed E-state index contributed by atoms with van der Waals surface area (Å²) < 4.78 is 5.25. The van der Waals surface area contributed by atoms with Crippen LogP contribution in [-0.4, -0.2) is 21.6 Å². The van der Waals surface area contributed by atoms with E-state index in [0.29, 0.717) is 6.54 Å². The van der Waals surface area contributed by atoms with Crippen LogP contribution in [-0.2, 0) is 11.3 Å². The average Bonchev–Trinajstić information content (AvgIpc) is 3.41. The van der Waals surface area contributed by atoms with Crippen LogP contribution in [0.3, 0.4) is 0 Å². The highest BCUT2D eigenvalue weighted by Gasteiger charge is 2.15. The highest BCUT2D eigenvalue weighted by molar-refractivity contribution is 8.00. The van der Waals surface area contributed by atoms with Crippen LogP contribution in [0.2, 0.25) is 0 Å². The summed E-state index contributed by atoms with van der Waals surface area (Å²) in [4.78, 5) is 20.5. The molecule has 4 aromatic rings. The van der Waals surface area contributed by atoms with Crippen LogP contribution in [0.25, 0.3) is 22.6 Å². The largest absolute Gasteiger partial charge is 0.467 e. The Kier molecular flexibility index (Phi) is 5.81. The first-order valence-electron chi connectivity index (χ1n) is 9.33. The van der Waals surface area contributed by atoms with Crippen LogP contribution in [0.15, 0.2) is 82.4 Å². The maximum Gasteiger partial charge on any atom is 0.230 e. The number of amides is 1. The fourth-order valence-corrected chi connectivity index (χ4v) is 3.81. The fourth-order valence-electron chi connectivity index (χ4n) is 2.98. The summed E-state index contributed by atoms with van der Waals surface area (Å²) in [6.45, 7) is 2.44. The second-order valence-corrected chi connectivity index (χ2v) is 7.61. The molecule has 2 aromatic heterocycles. The molecule has 0 aliphatic rings. The van der Waals surface area contributed by atoms with Crippen molar-refractivity contribution in [2.75, 3.05) is 5.75 Å². The Morgan fingerprint density at radius 1 is 1.07 bits per heavy atom. The minimum absolute atomic E-state index is 0.0643. The molecule has 6 heteroatoms. The lowest BCUT2D eigenvalue weighted by Gasteiger charge is -2.04. The topological polar surface area (TPSA) is 70.9 Å². The minimum Gasteiger partial charge on any atom is -0.467 e. The normalized spacial score (nSPS) is 10.8. The number of carbonyl (C=O) groups is 1. The number of aryl methyl sites for hydroxylation is 1. The molecule has 0 unspecified atom stereocenters. The van der Waals surface area contributed by atoms with Gasteiger partial charge in [-0.15, -0.1) is 0 Å². The average molecular weight is 404 g/mol. The number of nitrogens with one attached hydrogen (secondary N) is 2. The van der Waals surface area contributed by atoms with Crippen LogP contribution >= 0.6 is 11.8 Å². The smallest absolute Gasteiger partial charge is 0.230 e. The molecule has 0 bridgehead atoms. The van der Waals surface area contributed by atoms with E-state index in [1.807, 2.05) is 48.5 Å². The first-order valence-corrected chi connectivity index (χ1v) is 10.3. The molecule has 0 atom stereocenters. The van der Waals surface area contributed by atoms with Gasteiger partial charge in [0.25, 0.3) is 0 Å². The molecule has 0 fully saturated rings. The quantitative estimate of drug-likeness (QED) is 0.424. The number of hydrogen-bond acceptors (Lipinski definition) is 4. The number of carbonyl (C=O) groups excluding carboxylic acids is 1. The SMILES string of the molecule is Cc1cccc(-c2nc(SCC(=O)NCc3ccco3)c(-c3ccccc3)[nH]2)c1. The van der Waals surface area contributed by atoms with Gasteiger partial charge in [-0.1, -0.05) is 65.9 Å². The maximum absolute atomic E-state index is 12.3. The maximum atomic E-state index is 12.3. The van der Waals surface area contributed by atoms with Gasteiger partial charge < -0.3 is 14.7 Å². The lowest BCUT2D eigenvalue weighted by atomic mass is 10.1. The monoisotopic (exact) mass is 403 g/mol. The van der Waals surface area contributed by atoms with E-state index < -0.39 is 0 Å². The van der Waals surface area contributed by atoms with Gasteiger partial charge >= 0.3 is 0 Å². The summed E-state index contributed by atoms with van der Waals surface area (Å²) in [7, 11) is 0. The zero-order valence-electron chi connectivity index (χ0n) is 16.0. The number of hydrogen-bond donors (Lipinski definition) is 2. The Morgan fingerprint density at radius 3 is 2.66 bits per heavy atom. The van der Waals surface area contributed by atoms with Crippen molar-refractivity contribution in [2.24, 2.45) is 0 Å². The summed E-state index contributed by atoms with van der Waals surface area (Å²) >= 11 is 1.42. The van der Waals surface area contributed by atoms with Crippen molar-refractivity contribution in [1.29, 1.82) is 0 Å². The third-order valence-corrected chi connectivity index (χ3v) is 5.38. The van der Waals surface area contributed by atoms with Gasteiger partial charge in [0, 0.05) is 11.1 Å². The van der Waals surface area contributed by atoms with E-state index >= 15 is 0 Å². The van der Waals surface area contributed by atoms with Crippen LogP contribution < -0.4 is 5.32 Å². The number of thioether (sulfide) groups is 1. The van der Waals surface area contributed by atoms with Crippen LogP contribution in [0.1, 0.15) is 11.3 Å². The molecule has 0 aliphatic heterocycles. The second-order valence-electron chi connectivity index (χ2n) is 6.65. The van der Waals surface area contributed by atoms with Crippen molar-refractivity contribution in [3.8, 4) is 22.6 Å². The minimum atomic E-state index is -0.0643. The fraction of sp³-hybridized carbons (Fsp3) is 0.130. The van der Waals surface area contributed by atoms with Gasteiger partial charge in [0.2, 0.25) is 5.91 Å². The first kappa shape index (κ1) is 19.1. The Labute approximate surface area is 173 Å². The summed E-state index contributed by atoms with van der Waals surface area (Å²) in [5, 5.41) is 3.68. The zero-order chi connectivity index (χ0) is 20.1. The number of nitrogens with zero attached hydrogens (tertiary/aromatic N) is 1. The molecular formula is C23H21N3O2S. The molecule has 2 aromatic carbocycles. The van der Waals surface area contributed by atoms with Gasteiger partial charge in [-0.3, -0.25) is 4.79 Å². The standard InChI is InChI=1S/C23H21N3O2S/c1-16-7-5-10-18(13-16)22-25-21(17-8-3-2-4-9-17)23(26-22)29-15-20(27)24-14-19-11-6-12-28-19/h2-13H,14-15H2,1H3,(H,24,27)(H,25,26). The molecular weight excluding hydrogens is 382 g/mol. The van der Waals surface area contributed by atoms with Crippen molar-refractivity contribution in [3.05, 3.63) is 84.3 Å². The molecule has 29 heavy (non-hydrogen) atoms. The van der Waals surface area contributed by atoms with Crippen molar-refractivity contribution in [1.82, 2.24) is 15.3 Å². The number of rotatable bonds is 7. The number of aromatic amines is 1. The van der Waals surface area contributed by atoms with Gasteiger partial charge in [0.05, 0.1) is 24.3 Å². The summed E-state index contributed by atoms with van der Waals surface area (Å²) in [6.07, 6.45) is 1.60. The predicted molar refractivity (Wildman–Crippen MR) is 115 cm³/mol. The molecule has 5 nitrogen and oxygen atoms in total.